The first-order chi connectivity index (χ1) is 15.8. The van der Waals surface area contributed by atoms with Gasteiger partial charge in [-0.1, -0.05) is 84.9 Å². The number of halogens is 1. The summed E-state index contributed by atoms with van der Waals surface area (Å²) in [5.74, 6) is 2.02. The van der Waals surface area contributed by atoms with Gasteiger partial charge in [-0.25, -0.2) is 0 Å². The Balaban J connectivity index is 0.00000306. The van der Waals surface area contributed by atoms with Gasteiger partial charge in [0.2, 0.25) is 0 Å². The molecule has 0 aromatic heterocycles. The van der Waals surface area contributed by atoms with E-state index in [1.807, 2.05) is 54.6 Å². The van der Waals surface area contributed by atoms with Crippen LogP contribution in [-0.4, -0.2) is 5.97 Å². The molecule has 0 aliphatic carbocycles. The number of esters is 1. The van der Waals surface area contributed by atoms with E-state index in [4.69, 9.17) is 4.74 Å². The molecule has 0 aliphatic heterocycles. The maximum Gasteiger partial charge on any atom is 0.310 e. The largest absolute Gasteiger partial charge is 0.461 e. The molecule has 166 valence electrons. The summed E-state index contributed by atoms with van der Waals surface area (Å²) in [4.78, 5) is 12.5. The van der Waals surface area contributed by atoms with Gasteiger partial charge in [-0.3, -0.25) is 4.79 Å². The molecular formula is C29H27BrO2P+. The molecular weight excluding hydrogens is 491 g/mol. The maximum atomic E-state index is 12.5. The highest BCUT2D eigenvalue weighted by molar-refractivity contribution is 8.93. The van der Waals surface area contributed by atoms with Gasteiger partial charge in [-0.05, 0) is 48.0 Å². The van der Waals surface area contributed by atoms with E-state index in [0.29, 0.717) is 6.61 Å². The van der Waals surface area contributed by atoms with E-state index in [1.165, 1.54) is 15.9 Å². The molecule has 0 saturated carbocycles. The highest BCUT2D eigenvalue weighted by Gasteiger charge is 2.43. The van der Waals surface area contributed by atoms with Crippen molar-refractivity contribution in [2.75, 3.05) is 0 Å². The van der Waals surface area contributed by atoms with Gasteiger partial charge in [0.05, 0.1) is 12.2 Å². The summed E-state index contributed by atoms with van der Waals surface area (Å²) in [7, 11) is -2.07. The van der Waals surface area contributed by atoms with Crippen LogP contribution in [0.15, 0.2) is 133 Å². The smallest absolute Gasteiger partial charge is 0.310 e. The van der Waals surface area contributed by atoms with Crippen LogP contribution in [0.5, 0.6) is 0 Å². The first-order valence-electron chi connectivity index (χ1n) is 10.7. The number of benzene rings is 4. The minimum Gasteiger partial charge on any atom is -0.461 e. The summed E-state index contributed by atoms with van der Waals surface area (Å²) >= 11 is 0. The molecule has 0 atom stereocenters. The van der Waals surface area contributed by atoms with E-state index in [0.717, 1.165) is 5.56 Å². The Labute approximate surface area is 207 Å². The number of carbonyl (C=O) groups is 1. The third-order valence-corrected chi connectivity index (χ3v) is 9.34. The Hall–Kier alpha value is -3.00. The van der Waals surface area contributed by atoms with Crippen molar-refractivity contribution in [1.82, 2.24) is 0 Å². The van der Waals surface area contributed by atoms with E-state index >= 15 is 0 Å². The average Bonchev–Trinajstić information content (AvgIpc) is 2.88. The third kappa shape index (κ3) is 6.07. The summed E-state index contributed by atoms with van der Waals surface area (Å²) in [5.41, 5.74) is 0.990. The van der Waals surface area contributed by atoms with E-state index < -0.39 is 7.26 Å². The first kappa shape index (κ1) is 24.6. The molecule has 0 saturated heterocycles. The molecule has 0 bridgehead atoms. The second-order valence-electron chi connectivity index (χ2n) is 7.46. The summed E-state index contributed by atoms with van der Waals surface area (Å²) in [5, 5.41) is 3.77. The van der Waals surface area contributed by atoms with Crippen LogP contribution in [0, 0.1) is 0 Å². The first-order valence-corrected chi connectivity index (χ1v) is 12.6. The van der Waals surface area contributed by atoms with Crippen LogP contribution in [0.25, 0.3) is 0 Å². The van der Waals surface area contributed by atoms with Gasteiger partial charge in [0.25, 0.3) is 0 Å². The average molecular weight is 518 g/mol. The second-order valence-corrected chi connectivity index (χ2v) is 10.8. The molecule has 33 heavy (non-hydrogen) atoms. The zero-order valence-corrected chi connectivity index (χ0v) is 20.9. The number of hydrogen-bond acceptors (Lipinski definition) is 2. The molecule has 2 nitrogen and oxygen atoms in total. The minimum absolute atomic E-state index is 0. The van der Waals surface area contributed by atoms with Crippen LogP contribution in [0.3, 0.4) is 0 Å². The zero-order chi connectivity index (χ0) is 22.1. The van der Waals surface area contributed by atoms with Gasteiger partial charge in [-0.15, -0.1) is 17.0 Å². The Bertz CT molecular complexity index is 1050. The van der Waals surface area contributed by atoms with Crippen LogP contribution < -0.4 is 15.9 Å². The van der Waals surface area contributed by atoms with Gasteiger partial charge >= 0.3 is 5.97 Å². The van der Waals surface area contributed by atoms with E-state index in [2.05, 4.69) is 78.6 Å². The van der Waals surface area contributed by atoms with Crippen LogP contribution in [0.1, 0.15) is 12.0 Å². The van der Waals surface area contributed by atoms with Crippen molar-refractivity contribution in [2.45, 2.75) is 13.0 Å². The molecule has 4 rings (SSSR count). The van der Waals surface area contributed by atoms with E-state index in [9.17, 15) is 4.79 Å². The molecule has 4 aromatic carbocycles. The van der Waals surface area contributed by atoms with Crippen LogP contribution in [0.2, 0.25) is 0 Å². The van der Waals surface area contributed by atoms with Crippen LogP contribution >= 0.6 is 24.2 Å². The summed E-state index contributed by atoms with van der Waals surface area (Å²) in [6, 6.07) is 41.5. The molecule has 0 fully saturated rings. The van der Waals surface area contributed by atoms with Gasteiger partial charge in [0, 0.05) is 0 Å². The Morgan fingerprint density at radius 3 is 1.45 bits per heavy atom. The lowest BCUT2D eigenvalue weighted by molar-refractivity contribution is -0.143. The fourth-order valence-electron chi connectivity index (χ4n) is 3.80. The molecule has 4 heteroatoms. The molecule has 0 unspecified atom stereocenters. The van der Waals surface area contributed by atoms with Crippen molar-refractivity contribution in [2.24, 2.45) is 0 Å². The zero-order valence-electron chi connectivity index (χ0n) is 18.3. The maximum absolute atomic E-state index is 12.5. The quantitative estimate of drug-likeness (QED) is 0.205. The lowest BCUT2D eigenvalue weighted by atomic mass is 10.2. The van der Waals surface area contributed by atoms with Crippen molar-refractivity contribution in [3.8, 4) is 0 Å². The second kappa shape index (κ2) is 12.3. The molecule has 0 radical (unpaired) electrons. The number of carbonyl (C=O) groups excluding carboxylic acids is 1. The fourth-order valence-corrected chi connectivity index (χ4v) is 7.56. The van der Waals surface area contributed by atoms with Crippen molar-refractivity contribution in [1.29, 1.82) is 0 Å². The molecule has 0 N–H and O–H groups in total. The molecule has 0 spiro atoms. The minimum atomic E-state index is -2.07. The summed E-state index contributed by atoms with van der Waals surface area (Å²) in [6.07, 6.45) is 2.22. The lowest BCUT2D eigenvalue weighted by Gasteiger charge is -2.24. The molecule has 0 heterocycles. The Morgan fingerprint density at radius 2 is 1.03 bits per heavy atom. The molecule has 0 aliphatic rings. The standard InChI is InChI=1S/C29H26O2P.BrH/c30-29(31-24-25-14-5-1-6-15-25)22-13-23-32(26-16-7-2-8-17-26,27-18-9-3-10-19-27)28-20-11-4-12-21-28;/h1-21,23H,22,24H2;1H/q+1;. The Kier molecular flexibility index (Phi) is 9.18. The SMILES string of the molecule is Br.O=C(CC=C[P+](c1ccccc1)(c1ccccc1)c1ccccc1)OCc1ccccc1. The van der Waals surface area contributed by atoms with E-state index in [-0.39, 0.29) is 29.4 Å². The van der Waals surface area contributed by atoms with Crippen molar-refractivity contribution in [3.05, 3.63) is 139 Å². The number of hydrogen-bond donors (Lipinski definition) is 0. The van der Waals surface area contributed by atoms with Gasteiger partial charge < -0.3 is 4.74 Å². The molecule has 0 amide bonds. The van der Waals surface area contributed by atoms with Crippen molar-refractivity contribution in [3.63, 3.8) is 0 Å². The van der Waals surface area contributed by atoms with Crippen LogP contribution in [-0.2, 0) is 16.1 Å². The van der Waals surface area contributed by atoms with Gasteiger partial charge in [-0.2, -0.15) is 0 Å². The lowest BCUT2D eigenvalue weighted by Crippen LogP contribution is -2.29. The predicted octanol–water partition coefficient (Wildman–Crippen LogP) is 6.21. The topological polar surface area (TPSA) is 26.3 Å². The third-order valence-electron chi connectivity index (χ3n) is 5.35. The summed E-state index contributed by atoms with van der Waals surface area (Å²) < 4.78 is 5.48. The summed E-state index contributed by atoms with van der Waals surface area (Å²) in [6.45, 7) is 0.295. The van der Waals surface area contributed by atoms with Crippen molar-refractivity contribution < 1.29 is 9.53 Å². The fraction of sp³-hybridized carbons (Fsp3) is 0.0690. The van der Waals surface area contributed by atoms with Crippen LogP contribution in [0.4, 0.5) is 0 Å². The Morgan fingerprint density at radius 1 is 0.636 bits per heavy atom. The number of ether oxygens (including phenoxy) is 1. The van der Waals surface area contributed by atoms with Gasteiger partial charge in [0.15, 0.2) is 0 Å². The van der Waals surface area contributed by atoms with Crippen molar-refractivity contribution >= 4 is 46.1 Å². The monoisotopic (exact) mass is 517 g/mol. The van der Waals surface area contributed by atoms with Gasteiger partial charge in [0.1, 0.15) is 29.8 Å². The highest BCUT2D eigenvalue weighted by atomic mass is 79.9. The predicted molar refractivity (Wildman–Crippen MR) is 145 cm³/mol. The highest BCUT2D eigenvalue weighted by Crippen LogP contribution is 2.56. The number of rotatable bonds is 8. The molecule has 4 aromatic rings. The normalized spacial score (nSPS) is 11.0. The van der Waals surface area contributed by atoms with E-state index in [1.54, 1.807) is 0 Å².